The molecule has 0 fully saturated rings. The van der Waals surface area contributed by atoms with Gasteiger partial charge in [0.25, 0.3) is 0 Å². The Hall–Kier alpha value is -3.19. The van der Waals surface area contributed by atoms with Crippen molar-refractivity contribution in [3.63, 3.8) is 0 Å². The van der Waals surface area contributed by atoms with Gasteiger partial charge in [-0.15, -0.1) is 0 Å². The van der Waals surface area contributed by atoms with Crippen LogP contribution in [0.3, 0.4) is 0 Å². The largest absolute Gasteiger partial charge is 0.264 e. The Balaban J connectivity index is 1.63. The molecule has 1 aromatic heterocycles. The van der Waals surface area contributed by atoms with Crippen LogP contribution < -0.4 is 0 Å². The SMILES string of the molecule is CCC(CC)C1=CC2(CC(C(CC)CC)=C1)c1cc3ccc(CC(C)C)cc3c3c1-c1c2ccc2cncc(c12)C3(C)C. The summed E-state index contributed by atoms with van der Waals surface area (Å²) in [5.74, 6) is 1.85. The zero-order valence-electron chi connectivity index (χ0n) is 27.7. The predicted molar refractivity (Wildman–Crippen MR) is 185 cm³/mol. The number of hydrogen-bond donors (Lipinski definition) is 0. The van der Waals surface area contributed by atoms with Gasteiger partial charge in [0.05, 0.1) is 0 Å². The van der Waals surface area contributed by atoms with Crippen LogP contribution in [0.25, 0.3) is 32.7 Å². The fourth-order valence-electron chi connectivity index (χ4n) is 9.34. The van der Waals surface area contributed by atoms with E-state index in [1.54, 1.807) is 16.7 Å². The van der Waals surface area contributed by atoms with E-state index in [9.17, 15) is 0 Å². The number of nitrogens with zero attached hydrogens (tertiary/aromatic N) is 1. The van der Waals surface area contributed by atoms with Crippen LogP contribution in [0, 0.1) is 17.8 Å². The molecule has 3 aliphatic rings. The number of aromatic nitrogens is 1. The average molecular weight is 568 g/mol. The van der Waals surface area contributed by atoms with Gasteiger partial charge < -0.3 is 0 Å². The van der Waals surface area contributed by atoms with Gasteiger partial charge in [-0.3, -0.25) is 4.98 Å². The second kappa shape index (κ2) is 10.2. The molecule has 1 heteroatoms. The van der Waals surface area contributed by atoms with Gasteiger partial charge in [-0.25, -0.2) is 0 Å². The first kappa shape index (κ1) is 28.6. The highest BCUT2D eigenvalue weighted by Crippen LogP contribution is 2.64. The molecular formula is C42H49N. The number of rotatable bonds is 8. The molecule has 0 N–H and O–H groups in total. The topological polar surface area (TPSA) is 12.9 Å². The highest BCUT2D eigenvalue weighted by molar-refractivity contribution is 6.12. The van der Waals surface area contributed by atoms with Crippen LogP contribution in [-0.2, 0) is 17.3 Å². The lowest BCUT2D eigenvalue weighted by molar-refractivity contribution is 0.490. The van der Waals surface area contributed by atoms with Crippen LogP contribution in [0.5, 0.6) is 0 Å². The summed E-state index contributed by atoms with van der Waals surface area (Å²) < 4.78 is 0. The van der Waals surface area contributed by atoms with Crippen LogP contribution in [0.4, 0.5) is 0 Å². The number of benzene rings is 3. The molecule has 0 aliphatic heterocycles. The molecular weight excluding hydrogens is 518 g/mol. The van der Waals surface area contributed by atoms with E-state index in [2.05, 4.69) is 116 Å². The van der Waals surface area contributed by atoms with E-state index in [0.717, 1.165) is 12.8 Å². The quantitative estimate of drug-likeness (QED) is 0.206. The summed E-state index contributed by atoms with van der Waals surface area (Å²) in [6.45, 7) is 19.1. The van der Waals surface area contributed by atoms with E-state index in [1.807, 2.05) is 0 Å². The third kappa shape index (κ3) is 3.99. The second-order valence-electron chi connectivity index (χ2n) is 14.8. The van der Waals surface area contributed by atoms with Crippen molar-refractivity contribution in [2.24, 2.45) is 17.8 Å². The number of pyridine rings is 1. The molecule has 0 amide bonds. The first-order chi connectivity index (χ1) is 20.7. The summed E-state index contributed by atoms with van der Waals surface area (Å²) in [7, 11) is 0. The fraction of sp³-hybridized carbons (Fsp3) is 0.452. The molecule has 0 radical (unpaired) electrons. The lowest BCUT2D eigenvalue weighted by Crippen LogP contribution is -2.29. The minimum atomic E-state index is -0.145. The number of hydrogen-bond acceptors (Lipinski definition) is 1. The molecule has 1 spiro atoms. The molecule has 7 rings (SSSR count). The van der Waals surface area contributed by atoms with Gasteiger partial charge in [-0.2, -0.15) is 0 Å². The van der Waals surface area contributed by atoms with Crippen LogP contribution in [-0.4, -0.2) is 4.98 Å². The highest BCUT2D eigenvalue weighted by Gasteiger charge is 2.50. The van der Waals surface area contributed by atoms with E-state index in [1.165, 1.54) is 80.6 Å². The van der Waals surface area contributed by atoms with Crippen LogP contribution in [0.15, 0.2) is 72.1 Å². The maximum absolute atomic E-state index is 4.81. The summed E-state index contributed by atoms with van der Waals surface area (Å²) in [5, 5.41) is 5.55. The molecule has 1 unspecified atom stereocenters. The lowest BCUT2D eigenvalue weighted by Gasteiger charge is -2.38. The average Bonchev–Trinajstić information content (AvgIpc) is 3.24. The van der Waals surface area contributed by atoms with Crippen molar-refractivity contribution >= 4 is 21.5 Å². The van der Waals surface area contributed by atoms with E-state index >= 15 is 0 Å². The van der Waals surface area contributed by atoms with Crippen molar-refractivity contribution in [1.29, 1.82) is 0 Å². The van der Waals surface area contributed by atoms with Crippen molar-refractivity contribution in [2.45, 2.75) is 105 Å². The summed E-state index contributed by atoms with van der Waals surface area (Å²) in [4.78, 5) is 4.81. The molecule has 0 saturated heterocycles. The molecule has 1 heterocycles. The van der Waals surface area contributed by atoms with Gasteiger partial charge >= 0.3 is 0 Å². The van der Waals surface area contributed by atoms with Gasteiger partial charge in [0.1, 0.15) is 0 Å². The molecule has 4 aromatic rings. The van der Waals surface area contributed by atoms with E-state index in [0.29, 0.717) is 17.8 Å². The van der Waals surface area contributed by atoms with Crippen LogP contribution >= 0.6 is 0 Å². The Bertz CT molecular complexity index is 1820. The summed E-state index contributed by atoms with van der Waals surface area (Å²) in [6, 6.07) is 14.8. The van der Waals surface area contributed by atoms with Gasteiger partial charge in [-0.05, 0) is 123 Å². The summed E-state index contributed by atoms with van der Waals surface area (Å²) in [6.07, 6.45) is 16.6. The Morgan fingerprint density at radius 3 is 2.19 bits per heavy atom. The number of allylic oxidation sites excluding steroid dienone is 4. The summed E-state index contributed by atoms with van der Waals surface area (Å²) >= 11 is 0. The van der Waals surface area contributed by atoms with E-state index in [4.69, 9.17) is 4.98 Å². The van der Waals surface area contributed by atoms with Crippen molar-refractivity contribution in [2.75, 3.05) is 0 Å². The zero-order chi connectivity index (χ0) is 30.3. The molecule has 1 nitrogen and oxygen atoms in total. The third-order valence-electron chi connectivity index (χ3n) is 11.5. The standard InChI is InChI=1S/C42H49N/c1-9-27(10-2)31-19-32(28(11-3)12-4)22-42(21-31)34-16-15-30-23-43-24-36-37(30)38(34)39-35(42)20-29-14-13-26(17-25(5)6)18-33(29)40(39)41(36,7)8/h13-16,18-21,23-25,27-28H,9-12,17,22H2,1-8H3. The second-order valence-corrected chi connectivity index (χ2v) is 14.8. The molecule has 222 valence electrons. The van der Waals surface area contributed by atoms with Crippen molar-refractivity contribution in [3.05, 3.63) is 99.9 Å². The minimum absolute atomic E-state index is 0.135. The fourth-order valence-corrected chi connectivity index (χ4v) is 9.34. The molecule has 1 atom stereocenters. The predicted octanol–water partition coefficient (Wildman–Crippen LogP) is 11.6. The normalized spacial score (nSPS) is 19.8. The van der Waals surface area contributed by atoms with Crippen molar-refractivity contribution in [3.8, 4) is 11.1 Å². The third-order valence-corrected chi connectivity index (χ3v) is 11.5. The maximum atomic E-state index is 4.81. The smallest absolute Gasteiger partial charge is 0.0437 e. The number of fused-ring (bicyclic) bond motifs is 4. The minimum Gasteiger partial charge on any atom is -0.264 e. The van der Waals surface area contributed by atoms with Gasteiger partial charge in [0.2, 0.25) is 0 Å². The highest BCUT2D eigenvalue weighted by atomic mass is 14.6. The maximum Gasteiger partial charge on any atom is 0.0437 e. The Labute approximate surface area is 259 Å². The molecule has 0 bridgehead atoms. The lowest BCUT2D eigenvalue weighted by atomic mass is 9.65. The molecule has 0 saturated carbocycles. The molecule has 3 aromatic carbocycles. The Morgan fingerprint density at radius 2 is 1.49 bits per heavy atom. The monoisotopic (exact) mass is 567 g/mol. The van der Waals surface area contributed by atoms with E-state index in [-0.39, 0.29) is 10.8 Å². The van der Waals surface area contributed by atoms with E-state index < -0.39 is 0 Å². The van der Waals surface area contributed by atoms with Crippen molar-refractivity contribution in [1.82, 2.24) is 4.98 Å². The Morgan fingerprint density at radius 1 is 0.767 bits per heavy atom. The molecule has 3 aliphatic carbocycles. The summed E-state index contributed by atoms with van der Waals surface area (Å²) in [5.41, 5.74) is 13.4. The Kier molecular flexibility index (Phi) is 6.77. The van der Waals surface area contributed by atoms with Crippen LogP contribution in [0.2, 0.25) is 0 Å². The first-order valence-electron chi connectivity index (χ1n) is 17.1. The first-order valence-corrected chi connectivity index (χ1v) is 17.1. The van der Waals surface area contributed by atoms with Gasteiger partial charge in [0.15, 0.2) is 0 Å². The van der Waals surface area contributed by atoms with Crippen molar-refractivity contribution < 1.29 is 0 Å². The molecule has 43 heavy (non-hydrogen) atoms. The zero-order valence-corrected chi connectivity index (χ0v) is 27.7. The van der Waals surface area contributed by atoms with Crippen LogP contribution in [0.1, 0.15) is 115 Å². The van der Waals surface area contributed by atoms with Gasteiger partial charge in [-0.1, -0.05) is 103 Å². The van der Waals surface area contributed by atoms with Gasteiger partial charge in [0, 0.05) is 28.6 Å².